The van der Waals surface area contributed by atoms with Crippen LogP contribution in [0.2, 0.25) is 0 Å². The summed E-state index contributed by atoms with van der Waals surface area (Å²) >= 11 is 0. The number of fused-ring (bicyclic) bond motifs is 1. The maximum absolute atomic E-state index is 12.3. The number of rotatable bonds is 5. The third-order valence-electron chi connectivity index (χ3n) is 5.49. The molecule has 1 aromatic heterocycles. The molecule has 144 valence electrons. The molecular weight excluding hydrogens is 346 g/mol. The Morgan fingerprint density at radius 2 is 2.00 bits per heavy atom. The van der Waals surface area contributed by atoms with E-state index in [1.807, 2.05) is 4.90 Å². The van der Waals surface area contributed by atoms with E-state index in [0.717, 1.165) is 38.9 Å². The molecule has 0 radical (unpaired) electrons. The molecule has 0 saturated carbocycles. The third-order valence-corrected chi connectivity index (χ3v) is 5.49. The summed E-state index contributed by atoms with van der Waals surface area (Å²) in [6.45, 7) is 3.40. The predicted molar refractivity (Wildman–Crippen MR) is 103 cm³/mol. The van der Waals surface area contributed by atoms with Crippen molar-refractivity contribution in [2.24, 2.45) is 0 Å². The molecule has 1 atom stereocenters. The SMILES string of the molecule is O=C(CCN1CCC[C@H](N2CCCC2=O)C1)Nc1ccc2[nH]c(=O)[nH]c2c1. The van der Waals surface area contributed by atoms with Crippen LogP contribution in [0.25, 0.3) is 11.0 Å². The predicted octanol–water partition coefficient (Wildman–Crippen LogP) is 1.27. The van der Waals surface area contributed by atoms with Crippen molar-refractivity contribution in [3.05, 3.63) is 28.7 Å². The smallest absolute Gasteiger partial charge is 0.323 e. The average Bonchev–Trinajstić information content (AvgIpc) is 3.24. The van der Waals surface area contributed by atoms with Gasteiger partial charge in [0.15, 0.2) is 0 Å². The minimum atomic E-state index is -0.260. The lowest BCUT2D eigenvalue weighted by molar-refractivity contribution is -0.130. The first-order valence-electron chi connectivity index (χ1n) is 9.62. The molecular formula is C19H25N5O3. The second kappa shape index (κ2) is 7.56. The molecule has 4 rings (SSSR count). The van der Waals surface area contributed by atoms with Crippen LogP contribution in [0.3, 0.4) is 0 Å². The maximum Gasteiger partial charge on any atom is 0.323 e. The highest BCUT2D eigenvalue weighted by atomic mass is 16.2. The Morgan fingerprint density at radius 1 is 1.15 bits per heavy atom. The molecule has 0 unspecified atom stereocenters. The lowest BCUT2D eigenvalue weighted by Crippen LogP contribution is -2.48. The normalized spacial score (nSPS) is 21.1. The van der Waals surface area contributed by atoms with Crippen molar-refractivity contribution < 1.29 is 9.59 Å². The fourth-order valence-corrected chi connectivity index (χ4v) is 4.14. The lowest BCUT2D eigenvalue weighted by Gasteiger charge is -2.37. The molecule has 2 saturated heterocycles. The number of nitrogens with zero attached hydrogens (tertiary/aromatic N) is 2. The van der Waals surface area contributed by atoms with Crippen molar-refractivity contribution >= 4 is 28.5 Å². The fourth-order valence-electron chi connectivity index (χ4n) is 4.14. The highest BCUT2D eigenvalue weighted by Gasteiger charge is 2.31. The van der Waals surface area contributed by atoms with Crippen molar-refractivity contribution in [2.45, 2.75) is 38.1 Å². The maximum atomic E-state index is 12.3. The summed E-state index contributed by atoms with van der Waals surface area (Å²) in [5.41, 5.74) is 1.80. The van der Waals surface area contributed by atoms with Gasteiger partial charge in [0, 0.05) is 44.2 Å². The minimum Gasteiger partial charge on any atom is -0.338 e. The number of hydrogen-bond acceptors (Lipinski definition) is 4. The Bertz CT molecular complexity index is 902. The van der Waals surface area contributed by atoms with E-state index in [1.165, 1.54) is 0 Å². The summed E-state index contributed by atoms with van der Waals surface area (Å²) in [6, 6.07) is 5.59. The molecule has 2 fully saturated rings. The zero-order valence-corrected chi connectivity index (χ0v) is 15.3. The number of benzene rings is 1. The summed E-state index contributed by atoms with van der Waals surface area (Å²) in [5.74, 6) is 0.226. The summed E-state index contributed by atoms with van der Waals surface area (Å²) in [7, 11) is 0. The van der Waals surface area contributed by atoms with E-state index in [4.69, 9.17) is 0 Å². The number of imidazole rings is 1. The van der Waals surface area contributed by atoms with Gasteiger partial charge in [0.2, 0.25) is 11.8 Å². The van der Waals surface area contributed by atoms with Gasteiger partial charge in [-0.25, -0.2) is 4.79 Å². The Labute approximate surface area is 156 Å². The Balaban J connectivity index is 1.29. The first-order valence-corrected chi connectivity index (χ1v) is 9.62. The van der Waals surface area contributed by atoms with Crippen molar-refractivity contribution in [3.8, 4) is 0 Å². The van der Waals surface area contributed by atoms with Crippen LogP contribution in [0.5, 0.6) is 0 Å². The fraction of sp³-hybridized carbons (Fsp3) is 0.526. The van der Waals surface area contributed by atoms with Crippen LogP contribution in [0.1, 0.15) is 32.1 Å². The molecule has 2 aromatic rings. The average molecular weight is 371 g/mol. The van der Waals surface area contributed by atoms with E-state index in [2.05, 4.69) is 20.2 Å². The van der Waals surface area contributed by atoms with Crippen LogP contribution < -0.4 is 11.0 Å². The number of hydrogen-bond donors (Lipinski definition) is 3. The molecule has 27 heavy (non-hydrogen) atoms. The highest BCUT2D eigenvalue weighted by molar-refractivity contribution is 5.93. The van der Waals surface area contributed by atoms with Crippen molar-refractivity contribution in [1.29, 1.82) is 0 Å². The number of aromatic amines is 2. The molecule has 8 nitrogen and oxygen atoms in total. The van der Waals surface area contributed by atoms with Gasteiger partial charge in [0.1, 0.15) is 0 Å². The van der Waals surface area contributed by atoms with Gasteiger partial charge in [-0.15, -0.1) is 0 Å². The molecule has 3 N–H and O–H groups in total. The number of carbonyl (C=O) groups excluding carboxylic acids is 2. The zero-order valence-electron chi connectivity index (χ0n) is 15.3. The molecule has 2 aliphatic heterocycles. The highest BCUT2D eigenvalue weighted by Crippen LogP contribution is 2.21. The lowest BCUT2D eigenvalue weighted by atomic mass is 10.0. The van der Waals surface area contributed by atoms with E-state index in [0.29, 0.717) is 42.1 Å². The molecule has 0 spiro atoms. The minimum absolute atomic E-state index is 0.0494. The molecule has 0 bridgehead atoms. The number of H-pyrrole nitrogens is 2. The van der Waals surface area contributed by atoms with Crippen LogP contribution in [0.15, 0.2) is 23.0 Å². The quantitative estimate of drug-likeness (QED) is 0.737. The summed E-state index contributed by atoms with van der Waals surface area (Å²) < 4.78 is 0. The number of amides is 2. The van der Waals surface area contributed by atoms with Crippen LogP contribution in [-0.4, -0.2) is 63.8 Å². The standard InChI is InChI=1S/C19H25N5O3/c25-17(20-13-5-6-15-16(11-13)22-19(27)21-15)7-10-23-8-1-3-14(12-23)24-9-2-4-18(24)26/h5-6,11,14H,1-4,7-10,12H2,(H,20,25)(H2,21,22,27)/t14-/m0/s1. The van der Waals surface area contributed by atoms with E-state index in [1.54, 1.807) is 18.2 Å². The largest absolute Gasteiger partial charge is 0.338 e. The number of anilines is 1. The van der Waals surface area contributed by atoms with Gasteiger partial charge in [-0.3, -0.25) is 9.59 Å². The third kappa shape index (κ3) is 4.05. The van der Waals surface area contributed by atoms with Crippen molar-refractivity contribution in [1.82, 2.24) is 19.8 Å². The van der Waals surface area contributed by atoms with Crippen LogP contribution >= 0.6 is 0 Å². The molecule has 2 amide bonds. The van der Waals surface area contributed by atoms with Gasteiger partial charge in [-0.2, -0.15) is 0 Å². The number of carbonyl (C=O) groups is 2. The molecule has 8 heteroatoms. The Kier molecular flexibility index (Phi) is 4.98. The van der Waals surface area contributed by atoms with Gasteiger partial charge in [0.05, 0.1) is 11.0 Å². The second-order valence-electron chi connectivity index (χ2n) is 7.43. The number of likely N-dealkylation sites (tertiary alicyclic amines) is 2. The first-order chi connectivity index (χ1) is 13.1. The second-order valence-corrected chi connectivity index (χ2v) is 7.43. The van der Waals surface area contributed by atoms with Crippen molar-refractivity contribution in [2.75, 3.05) is 31.5 Å². The number of piperidine rings is 1. The van der Waals surface area contributed by atoms with Crippen molar-refractivity contribution in [3.63, 3.8) is 0 Å². The van der Waals surface area contributed by atoms with E-state index >= 15 is 0 Å². The van der Waals surface area contributed by atoms with E-state index in [-0.39, 0.29) is 17.5 Å². The Hall–Kier alpha value is -2.61. The molecule has 2 aliphatic rings. The summed E-state index contributed by atoms with van der Waals surface area (Å²) in [4.78, 5) is 45.3. The van der Waals surface area contributed by atoms with E-state index in [9.17, 15) is 14.4 Å². The number of nitrogens with one attached hydrogen (secondary N) is 3. The topological polar surface area (TPSA) is 101 Å². The summed E-state index contributed by atoms with van der Waals surface area (Å²) in [5, 5.41) is 2.89. The first kappa shape index (κ1) is 17.8. The van der Waals surface area contributed by atoms with E-state index < -0.39 is 0 Å². The summed E-state index contributed by atoms with van der Waals surface area (Å²) in [6.07, 6.45) is 4.17. The molecule has 3 heterocycles. The Morgan fingerprint density at radius 3 is 2.81 bits per heavy atom. The molecule has 1 aromatic carbocycles. The number of aromatic nitrogens is 2. The van der Waals surface area contributed by atoms with Gasteiger partial charge in [-0.05, 0) is 44.0 Å². The monoisotopic (exact) mass is 371 g/mol. The van der Waals surface area contributed by atoms with Gasteiger partial charge in [0.25, 0.3) is 0 Å². The van der Waals surface area contributed by atoms with Crippen LogP contribution in [0.4, 0.5) is 5.69 Å². The van der Waals surface area contributed by atoms with Gasteiger partial charge < -0.3 is 25.1 Å². The van der Waals surface area contributed by atoms with Crippen LogP contribution in [0, 0.1) is 0 Å². The van der Waals surface area contributed by atoms with Crippen LogP contribution in [-0.2, 0) is 9.59 Å². The van der Waals surface area contributed by atoms with Gasteiger partial charge in [-0.1, -0.05) is 0 Å². The zero-order chi connectivity index (χ0) is 18.8. The van der Waals surface area contributed by atoms with Gasteiger partial charge >= 0.3 is 5.69 Å². The molecule has 0 aliphatic carbocycles.